The summed E-state index contributed by atoms with van der Waals surface area (Å²) in [5.74, 6) is 1.06. The molecule has 0 aromatic heterocycles. The van der Waals surface area contributed by atoms with Crippen LogP contribution in [-0.4, -0.2) is 19.7 Å². The molecule has 0 amide bonds. The van der Waals surface area contributed by atoms with Gasteiger partial charge in [-0.2, -0.15) is 0 Å². The number of ether oxygens (including phenoxy) is 1. The Morgan fingerprint density at radius 1 is 1.47 bits per heavy atom. The minimum absolute atomic E-state index is 0.648. The summed E-state index contributed by atoms with van der Waals surface area (Å²) in [5.41, 5.74) is 2.86. The van der Waals surface area contributed by atoms with E-state index in [1.807, 2.05) is 0 Å². The summed E-state index contributed by atoms with van der Waals surface area (Å²) in [4.78, 5) is 0. The second-order valence-corrected chi connectivity index (χ2v) is 4.10. The lowest BCUT2D eigenvalue weighted by molar-refractivity contribution is 0.398. The van der Waals surface area contributed by atoms with E-state index in [9.17, 15) is 0 Å². The number of benzene rings is 1. The maximum atomic E-state index is 5.39. The standard InChI is InChI=1S/C13H19NO/c1-3-14-11-7-8-12-10(9-11)5-4-6-13(12)15-2/h4-6,11,14H,3,7-9H2,1-2H3/t11-/m1/s1. The number of rotatable bonds is 3. The van der Waals surface area contributed by atoms with Crippen molar-refractivity contribution in [1.82, 2.24) is 5.32 Å². The number of likely N-dealkylation sites (N-methyl/N-ethyl adjacent to an activating group) is 1. The number of methoxy groups -OCH3 is 1. The molecule has 1 aromatic rings. The second kappa shape index (κ2) is 4.67. The Balaban J connectivity index is 2.20. The lowest BCUT2D eigenvalue weighted by atomic mass is 9.87. The first-order valence-corrected chi connectivity index (χ1v) is 5.73. The molecule has 2 heteroatoms. The fourth-order valence-electron chi connectivity index (χ4n) is 2.43. The van der Waals surface area contributed by atoms with E-state index in [1.54, 1.807) is 7.11 Å². The van der Waals surface area contributed by atoms with E-state index in [0.29, 0.717) is 6.04 Å². The Morgan fingerprint density at radius 2 is 2.33 bits per heavy atom. The van der Waals surface area contributed by atoms with E-state index in [2.05, 4.69) is 30.4 Å². The van der Waals surface area contributed by atoms with Crippen LogP contribution in [0.2, 0.25) is 0 Å². The van der Waals surface area contributed by atoms with Crippen LogP contribution in [0.15, 0.2) is 18.2 Å². The third kappa shape index (κ3) is 2.15. The van der Waals surface area contributed by atoms with E-state index in [1.165, 1.54) is 17.5 Å². The molecule has 15 heavy (non-hydrogen) atoms. The van der Waals surface area contributed by atoms with Crippen molar-refractivity contribution in [3.05, 3.63) is 29.3 Å². The molecule has 2 nitrogen and oxygen atoms in total. The molecule has 0 fully saturated rings. The van der Waals surface area contributed by atoms with E-state index in [0.717, 1.165) is 25.1 Å². The molecule has 0 bridgehead atoms. The molecule has 0 spiro atoms. The molecule has 0 heterocycles. The highest BCUT2D eigenvalue weighted by molar-refractivity contribution is 5.42. The van der Waals surface area contributed by atoms with Crippen molar-refractivity contribution in [2.45, 2.75) is 32.2 Å². The number of fused-ring (bicyclic) bond motifs is 1. The predicted octanol–water partition coefficient (Wildman–Crippen LogP) is 2.16. The molecule has 0 aliphatic heterocycles. The lowest BCUT2D eigenvalue weighted by Gasteiger charge is -2.26. The quantitative estimate of drug-likeness (QED) is 0.816. The third-order valence-corrected chi connectivity index (χ3v) is 3.15. The highest BCUT2D eigenvalue weighted by Gasteiger charge is 2.19. The minimum Gasteiger partial charge on any atom is -0.496 e. The first kappa shape index (κ1) is 10.5. The van der Waals surface area contributed by atoms with E-state index < -0.39 is 0 Å². The van der Waals surface area contributed by atoms with Gasteiger partial charge in [-0.15, -0.1) is 0 Å². The highest BCUT2D eigenvalue weighted by atomic mass is 16.5. The largest absolute Gasteiger partial charge is 0.496 e. The Hall–Kier alpha value is -1.02. The van der Waals surface area contributed by atoms with Crippen LogP contribution in [0.4, 0.5) is 0 Å². The first-order chi connectivity index (χ1) is 7.35. The molecule has 1 aromatic carbocycles. The van der Waals surface area contributed by atoms with Crippen LogP contribution in [0.5, 0.6) is 5.75 Å². The Kier molecular flexibility index (Phi) is 3.27. The number of nitrogens with one attached hydrogen (secondary N) is 1. The summed E-state index contributed by atoms with van der Waals surface area (Å²) >= 11 is 0. The van der Waals surface area contributed by atoms with Gasteiger partial charge in [0.1, 0.15) is 5.75 Å². The van der Waals surface area contributed by atoms with Gasteiger partial charge in [0.25, 0.3) is 0 Å². The van der Waals surface area contributed by atoms with Gasteiger partial charge in [0.15, 0.2) is 0 Å². The normalized spacial score (nSPS) is 19.7. The van der Waals surface area contributed by atoms with Crippen molar-refractivity contribution in [2.24, 2.45) is 0 Å². The van der Waals surface area contributed by atoms with Crippen LogP contribution in [0.3, 0.4) is 0 Å². The van der Waals surface area contributed by atoms with Crippen molar-refractivity contribution in [1.29, 1.82) is 0 Å². The minimum atomic E-state index is 0.648. The first-order valence-electron chi connectivity index (χ1n) is 5.73. The lowest BCUT2D eigenvalue weighted by Crippen LogP contribution is -2.34. The molecular weight excluding hydrogens is 186 g/mol. The van der Waals surface area contributed by atoms with Crippen molar-refractivity contribution in [2.75, 3.05) is 13.7 Å². The Bertz CT molecular complexity index is 335. The monoisotopic (exact) mass is 205 g/mol. The number of hydrogen-bond acceptors (Lipinski definition) is 2. The third-order valence-electron chi connectivity index (χ3n) is 3.15. The molecule has 1 atom stereocenters. The molecular formula is C13H19NO. The molecule has 1 aliphatic carbocycles. The molecule has 0 radical (unpaired) electrons. The molecule has 0 saturated heterocycles. The molecule has 1 N–H and O–H groups in total. The average molecular weight is 205 g/mol. The topological polar surface area (TPSA) is 21.3 Å². The van der Waals surface area contributed by atoms with Gasteiger partial charge in [-0.05, 0) is 43.0 Å². The van der Waals surface area contributed by atoms with Crippen LogP contribution >= 0.6 is 0 Å². The van der Waals surface area contributed by atoms with Gasteiger partial charge in [0.2, 0.25) is 0 Å². The van der Waals surface area contributed by atoms with E-state index >= 15 is 0 Å². The molecule has 0 saturated carbocycles. The summed E-state index contributed by atoms with van der Waals surface area (Å²) in [7, 11) is 1.76. The van der Waals surface area contributed by atoms with Gasteiger partial charge in [-0.3, -0.25) is 0 Å². The smallest absolute Gasteiger partial charge is 0.122 e. The predicted molar refractivity (Wildman–Crippen MR) is 62.5 cm³/mol. The van der Waals surface area contributed by atoms with Crippen LogP contribution in [0.1, 0.15) is 24.5 Å². The maximum absolute atomic E-state index is 5.39. The van der Waals surface area contributed by atoms with Gasteiger partial charge in [-0.1, -0.05) is 19.1 Å². The van der Waals surface area contributed by atoms with Gasteiger partial charge in [0, 0.05) is 6.04 Å². The van der Waals surface area contributed by atoms with Crippen molar-refractivity contribution in [3.8, 4) is 5.75 Å². The summed E-state index contributed by atoms with van der Waals surface area (Å²) in [6.07, 6.45) is 3.50. The van der Waals surface area contributed by atoms with Crippen LogP contribution in [0, 0.1) is 0 Å². The maximum Gasteiger partial charge on any atom is 0.122 e. The summed E-state index contributed by atoms with van der Waals surface area (Å²) < 4.78 is 5.39. The van der Waals surface area contributed by atoms with Crippen molar-refractivity contribution < 1.29 is 4.74 Å². The van der Waals surface area contributed by atoms with Gasteiger partial charge in [0.05, 0.1) is 7.11 Å². The summed E-state index contributed by atoms with van der Waals surface area (Å²) in [6, 6.07) is 7.02. The van der Waals surface area contributed by atoms with E-state index in [4.69, 9.17) is 4.74 Å². The molecule has 0 unspecified atom stereocenters. The zero-order chi connectivity index (χ0) is 10.7. The zero-order valence-electron chi connectivity index (χ0n) is 9.55. The van der Waals surface area contributed by atoms with Crippen LogP contribution in [-0.2, 0) is 12.8 Å². The van der Waals surface area contributed by atoms with Gasteiger partial charge in [-0.25, -0.2) is 0 Å². The van der Waals surface area contributed by atoms with E-state index in [-0.39, 0.29) is 0 Å². The highest BCUT2D eigenvalue weighted by Crippen LogP contribution is 2.29. The molecule has 2 rings (SSSR count). The molecule has 1 aliphatic rings. The molecule has 82 valence electrons. The zero-order valence-corrected chi connectivity index (χ0v) is 9.55. The van der Waals surface area contributed by atoms with Crippen LogP contribution < -0.4 is 10.1 Å². The second-order valence-electron chi connectivity index (χ2n) is 4.10. The van der Waals surface area contributed by atoms with Crippen molar-refractivity contribution in [3.63, 3.8) is 0 Å². The Morgan fingerprint density at radius 3 is 3.07 bits per heavy atom. The van der Waals surface area contributed by atoms with Gasteiger partial charge >= 0.3 is 0 Å². The fourth-order valence-corrected chi connectivity index (χ4v) is 2.43. The average Bonchev–Trinajstić information content (AvgIpc) is 2.28. The number of hydrogen-bond donors (Lipinski definition) is 1. The summed E-state index contributed by atoms with van der Waals surface area (Å²) in [5, 5.41) is 3.52. The fraction of sp³-hybridized carbons (Fsp3) is 0.538. The van der Waals surface area contributed by atoms with Crippen molar-refractivity contribution >= 4 is 0 Å². The SMILES string of the molecule is CCN[C@@H]1CCc2c(cccc2OC)C1. The Labute approximate surface area is 91.6 Å². The summed E-state index contributed by atoms with van der Waals surface area (Å²) in [6.45, 7) is 3.23. The van der Waals surface area contributed by atoms with Gasteiger partial charge < -0.3 is 10.1 Å². The van der Waals surface area contributed by atoms with Crippen LogP contribution in [0.25, 0.3) is 0 Å².